The number of hydrogen-bond donors (Lipinski definition) is 3. The Morgan fingerprint density at radius 3 is 1.96 bits per heavy atom. The van der Waals surface area contributed by atoms with E-state index >= 15 is 0 Å². The van der Waals surface area contributed by atoms with Gasteiger partial charge in [-0.1, -0.05) is 74.8 Å². The summed E-state index contributed by atoms with van der Waals surface area (Å²) < 4.78 is 0. The van der Waals surface area contributed by atoms with Crippen molar-refractivity contribution in [1.82, 2.24) is 4.90 Å². The first-order valence-electron chi connectivity index (χ1n) is 9.89. The van der Waals surface area contributed by atoms with Crippen LogP contribution in [0.1, 0.15) is 51.2 Å². The Bertz CT molecular complexity index is 661. The van der Waals surface area contributed by atoms with E-state index in [9.17, 15) is 0 Å². The highest BCUT2D eigenvalue weighted by Gasteiger charge is 2.34. The summed E-state index contributed by atoms with van der Waals surface area (Å²) in [5.41, 5.74) is 2.76. The summed E-state index contributed by atoms with van der Waals surface area (Å²) in [6.07, 6.45) is 3.76. The van der Waals surface area contributed by atoms with E-state index in [1.165, 1.54) is 30.5 Å². The van der Waals surface area contributed by atoms with Gasteiger partial charge in [0.05, 0.1) is 0 Å². The van der Waals surface area contributed by atoms with Gasteiger partial charge in [-0.15, -0.1) is 0 Å². The molecule has 28 heavy (non-hydrogen) atoms. The maximum absolute atomic E-state index is 7.17. The molecule has 5 heteroatoms. The topological polar surface area (TPSA) is 63.9 Å². The molecule has 0 aliphatic carbocycles. The molecule has 0 bridgehead atoms. The highest BCUT2D eigenvalue weighted by atomic mass is 35.5. The molecule has 4 nitrogen and oxygen atoms in total. The Balaban J connectivity index is 0.000000583. The normalized spacial score (nSPS) is 18.5. The van der Waals surface area contributed by atoms with E-state index in [1.807, 2.05) is 26.0 Å². The summed E-state index contributed by atoms with van der Waals surface area (Å²) in [6, 6.07) is 19.9. The monoisotopic (exact) mass is 407 g/mol. The van der Waals surface area contributed by atoms with Gasteiger partial charge in [0.2, 0.25) is 0 Å². The molecular weight excluding hydrogens is 374 g/mol. The van der Waals surface area contributed by atoms with Crippen LogP contribution in [0.15, 0.2) is 54.6 Å². The molecule has 1 aliphatic heterocycles. The molecule has 2 aromatic rings. The largest absolute Gasteiger partial charge is 0.346 e. The van der Waals surface area contributed by atoms with Crippen LogP contribution in [0, 0.1) is 0 Å². The van der Waals surface area contributed by atoms with Crippen LogP contribution in [0.3, 0.4) is 0 Å². The molecule has 0 spiro atoms. The van der Waals surface area contributed by atoms with Crippen molar-refractivity contribution in [2.75, 3.05) is 13.6 Å². The van der Waals surface area contributed by atoms with Gasteiger partial charge in [-0.3, -0.25) is 0 Å². The average Bonchev–Trinajstić information content (AvgIpc) is 3.08. The molecule has 0 radical (unpaired) electrons. The van der Waals surface area contributed by atoms with E-state index in [0.717, 1.165) is 11.4 Å². The van der Waals surface area contributed by atoms with E-state index in [1.54, 1.807) is 0 Å². The number of aliphatic hydroxyl groups excluding tert-OH is 1. The van der Waals surface area contributed by atoms with E-state index in [4.69, 9.17) is 26.9 Å². The fourth-order valence-electron chi connectivity index (χ4n) is 3.73. The lowest BCUT2D eigenvalue weighted by Gasteiger charge is -2.35. The highest BCUT2D eigenvalue weighted by Crippen LogP contribution is 2.39. The summed E-state index contributed by atoms with van der Waals surface area (Å²) in [5, 5.41) is 22.3. The van der Waals surface area contributed by atoms with Crippen LogP contribution in [0.5, 0.6) is 0 Å². The lowest BCUT2D eigenvalue weighted by atomic mass is 9.71. The zero-order valence-corrected chi connectivity index (χ0v) is 18.1. The molecule has 1 heterocycles. The van der Waals surface area contributed by atoms with Gasteiger partial charge in [-0.05, 0) is 56.1 Å². The second-order valence-corrected chi connectivity index (χ2v) is 7.47. The predicted octanol–water partition coefficient (Wildman–Crippen LogP) is 4.40. The molecule has 0 amide bonds. The van der Waals surface area contributed by atoms with Crippen molar-refractivity contribution in [2.45, 2.75) is 58.0 Å². The van der Waals surface area contributed by atoms with Gasteiger partial charge < -0.3 is 20.2 Å². The number of rotatable bonds is 4. The lowest BCUT2D eigenvalue weighted by Crippen LogP contribution is -2.35. The summed E-state index contributed by atoms with van der Waals surface area (Å²) in [4.78, 5) is 2.51. The second-order valence-electron chi connectivity index (χ2n) is 7.03. The minimum atomic E-state index is -2.17. The molecule has 2 atom stereocenters. The first kappa shape index (κ1) is 24.6. The summed E-state index contributed by atoms with van der Waals surface area (Å²) in [5.74, 6) is 0. The van der Waals surface area contributed by atoms with Crippen LogP contribution >= 0.6 is 11.6 Å². The van der Waals surface area contributed by atoms with Crippen LogP contribution in [-0.2, 0) is 5.41 Å². The fraction of sp³-hybridized carbons (Fsp3) is 0.478. The molecule has 0 saturated carbocycles. The number of aliphatic hydroxyl groups is 3. The quantitative estimate of drug-likeness (QED) is 0.657. The van der Waals surface area contributed by atoms with Gasteiger partial charge in [-0.2, -0.15) is 0 Å². The van der Waals surface area contributed by atoms with Crippen molar-refractivity contribution in [3.05, 3.63) is 70.7 Å². The molecule has 3 N–H and O–H groups in total. The van der Waals surface area contributed by atoms with Gasteiger partial charge in [0.25, 0.3) is 6.48 Å². The van der Waals surface area contributed by atoms with Gasteiger partial charge in [0, 0.05) is 16.5 Å². The Labute approximate surface area is 174 Å². The Hall–Kier alpha value is -1.43. The van der Waals surface area contributed by atoms with Gasteiger partial charge in [0.15, 0.2) is 0 Å². The Kier molecular flexibility index (Phi) is 10.7. The molecule has 1 aliphatic rings. The number of benzene rings is 2. The molecule has 156 valence electrons. The Morgan fingerprint density at radius 1 is 1.00 bits per heavy atom. The number of nitrogens with zero attached hydrogens (tertiary/aromatic N) is 1. The van der Waals surface area contributed by atoms with E-state index < -0.39 is 6.48 Å². The molecule has 2 aromatic carbocycles. The predicted molar refractivity (Wildman–Crippen MR) is 116 cm³/mol. The van der Waals surface area contributed by atoms with Gasteiger partial charge >= 0.3 is 0 Å². The number of halogens is 1. The van der Waals surface area contributed by atoms with Crippen molar-refractivity contribution in [1.29, 1.82) is 0 Å². The molecule has 3 rings (SSSR count). The third kappa shape index (κ3) is 7.19. The minimum absolute atomic E-state index is 0.0229. The standard InChI is InChI=1S/C20H24ClN.C2H6.CH4O3/c1-20(16-7-4-3-5-8-16,15-19-9-6-14-22(19)2)17-10-12-18(21)13-11-17;1-2;2-1(3)4/h3-5,7-8,10-13,19H,6,9,14-15H2,1-2H3;1-2H3;1-4H. The molecule has 1 fully saturated rings. The van der Waals surface area contributed by atoms with Crippen molar-refractivity contribution < 1.29 is 15.3 Å². The number of likely N-dealkylation sites (tertiary alicyclic amines) is 1. The molecule has 1 saturated heterocycles. The third-order valence-corrected chi connectivity index (χ3v) is 5.46. The second kappa shape index (κ2) is 12.2. The van der Waals surface area contributed by atoms with Crippen molar-refractivity contribution in [3.8, 4) is 0 Å². The summed E-state index contributed by atoms with van der Waals surface area (Å²) in [6.45, 7) is 5.42. The lowest BCUT2D eigenvalue weighted by molar-refractivity contribution is -0.198. The fourth-order valence-corrected chi connectivity index (χ4v) is 3.86. The smallest absolute Gasteiger partial charge is 0.263 e. The first-order chi connectivity index (χ1) is 13.3. The molecule has 2 unspecified atom stereocenters. The van der Waals surface area contributed by atoms with Gasteiger partial charge in [0.1, 0.15) is 0 Å². The van der Waals surface area contributed by atoms with Crippen LogP contribution in [-0.4, -0.2) is 46.3 Å². The van der Waals surface area contributed by atoms with E-state index in [0.29, 0.717) is 6.04 Å². The summed E-state index contributed by atoms with van der Waals surface area (Å²) >= 11 is 6.09. The molecule has 0 aromatic heterocycles. The minimum Gasteiger partial charge on any atom is -0.346 e. The number of hydrogen-bond acceptors (Lipinski definition) is 4. The van der Waals surface area contributed by atoms with Crippen LogP contribution < -0.4 is 0 Å². The van der Waals surface area contributed by atoms with Crippen molar-refractivity contribution in [3.63, 3.8) is 0 Å². The SMILES string of the molecule is CC.CN1CCCC1CC(C)(c1ccccc1)c1ccc(Cl)cc1.OC(O)O. The molecular formula is C23H34ClNO3. The summed E-state index contributed by atoms with van der Waals surface area (Å²) in [7, 11) is 2.25. The maximum atomic E-state index is 7.17. The van der Waals surface area contributed by atoms with Crippen LogP contribution in [0.4, 0.5) is 0 Å². The van der Waals surface area contributed by atoms with Crippen LogP contribution in [0.25, 0.3) is 0 Å². The van der Waals surface area contributed by atoms with Crippen molar-refractivity contribution >= 4 is 11.6 Å². The first-order valence-corrected chi connectivity index (χ1v) is 10.3. The van der Waals surface area contributed by atoms with E-state index in [2.05, 4.69) is 61.3 Å². The van der Waals surface area contributed by atoms with E-state index in [-0.39, 0.29) is 5.41 Å². The zero-order chi connectivity index (χ0) is 21.2. The maximum Gasteiger partial charge on any atom is 0.263 e. The van der Waals surface area contributed by atoms with Crippen molar-refractivity contribution in [2.24, 2.45) is 0 Å². The highest BCUT2D eigenvalue weighted by molar-refractivity contribution is 6.30. The third-order valence-electron chi connectivity index (χ3n) is 5.21. The zero-order valence-electron chi connectivity index (χ0n) is 17.3. The Morgan fingerprint density at radius 2 is 1.50 bits per heavy atom. The van der Waals surface area contributed by atoms with Crippen LogP contribution in [0.2, 0.25) is 5.02 Å². The van der Waals surface area contributed by atoms with Gasteiger partial charge in [-0.25, -0.2) is 0 Å². The average molecular weight is 408 g/mol.